The lowest BCUT2D eigenvalue weighted by atomic mass is 10.0. The van der Waals surface area contributed by atoms with E-state index in [0.717, 1.165) is 19.3 Å². The summed E-state index contributed by atoms with van der Waals surface area (Å²) in [7, 11) is 0. The van der Waals surface area contributed by atoms with E-state index in [4.69, 9.17) is 0 Å². The van der Waals surface area contributed by atoms with E-state index in [1.165, 1.54) is 12.1 Å². The second-order valence-electron chi connectivity index (χ2n) is 5.39. The Hall–Kier alpha value is -1.91. The Morgan fingerprint density at radius 1 is 1.33 bits per heavy atom. The third-order valence-corrected chi connectivity index (χ3v) is 3.70. The van der Waals surface area contributed by atoms with Gasteiger partial charge in [-0.1, -0.05) is 13.0 Å². The molecule has 21 heavy (non-hydrogen) atoms. The van der Waals surface area contributed by atoms with Gasteiger partial charge < -0.3 is 10.2 Å². The number of rotatable bonds is 4. The van der Waals surface area contributed by atoms with Crippen molar-refractivity contribution in [2.75, 3.05) is 13.1 Å². The molecule has 0 unspecified atom stereocenters. The van der Waals surface area contributed by atoms with Crippen molar-refractivity contribution in [1.82, 2.24) is 10.2 Å². The van der Waals surface area contributed by atoms with E-state index in [1.807, 2.05) is 6.92 Å². The van der Waals surface area contributed by atoms with E-state index in [2.05, 4.69) is 5.32 Å². The first kappa shape index (κ1) is 15.5. The van der Waals surface area contributed by atoms with E-state index < -0.39 is 5.82 Å². The molecule has 0 saturated carbocycles. The lowest BCUT2D eigenvalue weighted by Gasteiger charge is -2.32. The van der Waals surface area contributed by atoms with Gasteiger partial charge in [0.1, 0.15) is 5.82 Å². The normalized spacial score (nSPS) is 15.8. The van der Waals surface area contributed by atoms with Crippen LogP contribution >= 0.6 is 0 Å². The molecular formula is C16H21FN2O2. The number of halogens is 1. The van der Waals surface area contributed by atoms with Crippen molar-refractivity contribution in [2.45, 2.75) is 38.6 Å². The molecule has 0 aliphatic carbocycles. The predicted molar refractivity (Wildman–Crippen MR) is 78.4 cm³/mol. The molecule has 0 atom stereocenters. The molecule has 1 heterocycles. The number of hydrogen-bond acceptors (Lipinski definition) is 2. The van der Waals surface area contributed by atoms with E-state index in [0.29, 0.717) is 25.1 Å². The van der Waals surface area contributed by atoms with Crippen LogP contribution in [-0.4, -0.2) is 35.8 Å². The quantitative estimate of drug-likeness (QED) is 0.926. The number of nitrogens with zero attached hydrogens (tertiary/aromatic N) is 1. The van der Waals surface area contributed by atoms with E-state index in [1.54, 1.807) is 17.0 Å². The maximum atomic E-state index is 13.2. The van der Waals surface area contributed by atoms with Crippen molar-refractivity contribution in [3.8, 4) is 0 Å². The van der Waals surface area contributed by atoms with Crippen LogP contribution in [0, 0.1) is 5.82 Å². The molecule has 1 fully saturated rings. The van der Waals surface area contributed by atoms with E-state index in [-0.39, 0.29) is 17.9 Å². The third-order valence-electron chi connectivity index (χ3n) is 3.70. The first-order valence-electron chi connectivity index (χ1n) is 7.44. The minimum absolute atomic E-state index is 0.0763. The Balaban J connectivity index is 1.86. The minimum Gasteiger partial charge on any atom is -0.353 e. The summed E-state index contributed by atoms with van der Waals surface area (Å²) >= 11 is 0. The molecule has 0 radical (unpaired) electrons. The average molecular weight is 292 g/mol. The van der Waals surface area contributed by atoms with Crippen LogP contribution in [0.25, 0.3) is 0 Å². The summed E-state index contributed by atoms with van der Waals surface area (Å²) < 4.78 is 13.2. The van der Waals surface area contributed by atoms with Gasteiger partial charge in [-0.2, -0.15) is 0 Å². The zero-order valence-corrected chi connectivity index (χ0v) is 12.3. The van der Waals surface area contributed by atoms with Gasteiger partial charge in [0.15, 0.2) is 0 Å². The Morgan fingerprint density at radius 2 is 2.05 bits per heavy atom. The highest BCUT2D eigenvalue weighted by Crippen LogP contribution is 2.15. The molecule has 0 aromatic heterocycles. The number of likely N-dealkylation sites (tertiary alicyclic amines) is 1. The van der Waals surface area contributed by atoms with Crippen LogP contribution in [0.4, 0.5) is 4.39 Å². The van der Waals surface area contributed by atoms with Crippen LogP contribution in [0.2, 0.25) is 0 Å². The zero-order valence-electron chi connectivity index (χ0n) is 12.3. The molecular weight excluding hydrogens is 271 g/mol. The standard InChI is InChI=1S/C16H21FN2O2/c1-2-4-15(20)18-14-7-9-19(10-8-14)16(21)12-5-3-6-13(17)11-12/h3,5-6,11,14H,2,4,7-10H2,1H3,(H,18,20). The van der Waals surface area contributed by atoms with Gasteiger partial charge in [0.05, 0.1) is 0 Å². The summed E-state index contributed by atoms with van der Waals surface area (Å²) in [6, 6.07) is 5.89. The Morgan fingerprint density at radius 3 is 2.67 bits per heavy atom. The molecule has 0 bridgehead atoms. The molecule has 1 N–H and O–H groups in total. The summed E-state index contributed by atoms with van der Waals surface area (Å²) in [5, 5.41) is 2.99. The van der Waals surface area contributed by atoms with Crippen LogP contribution < -0.4 is 5.32 Å². The van der Waals surface area contributed by atoms with Crippen LogP contribution in [0.5, 0.6) is 0 Å². The second kappa shape index (κ2) is 7.20. The molecule has 2 amide bonds. The van der Waals surface area contributed by atoms with Crippen LogP contribution in [0.15, 0.2) is 24.3 Å². The van der Waals surface area contributed by atoms with E-state index in [9.17, 15) is 14.0 Å². The molecule has 114 valence electrons. The highest BCUT2D eigenvalue weighted by molar-refractivity contribution is 5.94. The molecule has 2 rings (SSSR count). The van der Waals surface area contributed by atoms with Crippen LogP contribution in [0.3, 0.4) is 0 Å². The molecule has 4 nitrogen and oxygen atoms in total. The monoisotopic (exact) mass is 292 g/mol. The van der Waals surface area contributed by atoms with Gasteiger partial charge in [-0.05, 0) is 37.5 Å². The van der Waals surface area contributed by atoms with Gasteiger partial charge in [0.25, 0.3) is 5.91 Å². The molecule has 0 spiro atoms. The second-order valence-corrected chi connectivity index (χ2v) is 5.39. The molecule has 1 aliphatic heterocycles. The highest BCUT2D eigenvalue weighted by atomic mass is 19.1. The number of carbonyl (C=O) groups is 2. The molecule has 5 heteroatoms. The first-order valence-corrected chi connectivity index (χ1v) is 7.44. The van der Waals surface area contributed by atoms with Gasteiger partial charge in [-0.3, -0.25) is 9.59 Å². The summed E-state index contributed by atoms with van der Waals surface area (Å²) in [5.74, 6) is -0.470. The predicted octanol–water partition coefficient (Wildman–Crippen LogP) is 2.35. The number of nitrogens with one attached hydrogen (secondary N) is 1. The summed E-state index contributed by atoms with van der Waals surface area (Å²) in [4.78, 5) is 25.5. The fraction of sp³-hybridized carbons (Fsp3) is 0.500. The van der Waals surface area contributed by atoms with Crippen molar-refractivity contribution >= 4 is 11.8 Å². The summed E-state index contributed by atoms with van der Waals surface area (Å²) in [6.45, 7) is 3.15. The van der Waals surface area contributed by atoms with Gasteiger partial charge in [0, 0.05) is 31.1 Å². The van der Waals surface area contributed by atoms with Crippen molar-refractivity contribution in [3.05, 3.63) is 35.6 Å². The third kappa shape index (κ3) is 4.28. The molecule has 1 aromatic carbocycles. The largest absolute Gasteiger partial charge is 0.353 e. The highest BCUT2D eigenvalue weighted by Gasteiger charge is 2.24. The number of carbonyl (C=O) groups excluding carboxylic acids is 2. The molecule has 1 saturated heterocycles. The first-order chi connectivity index (χ1) is 10.1. The van der Waals surface area contributed by atoms with Crippen molar-refractivity contribution in [1.29, 1.82) is 0 Å². The van der Waals surface area contributed by atoms with Gasteiger partial charge in [-0.15, -0.1) is 0 Å². The van der Waals surface area contributed by atoms with Crippen LogP contribution in [0.1, 0.15) is 43.0 Å². The number of piperidine rings is 1. The van der Waals surface area contributed by atoms with Gasteiger partial charge in [-0.25, -0.2) is 4.39 Å². The maximum Gasteiger partial charge on any atom is 0.253 e. The van der Waals surface area contributed by atoms with E-state index >= 15 is 0 Å². The van der Waals surface area contributed by atoms with Crippen molar-refractivity contribution in [2.24, 2.45) is 0 Å². The maximum absolute atomic E-state index is 13.2. The Kier molecular flexibility index (Phi) is 5.31. The summed E-state index contributed by atoms with van der Waals surface area (Å²) in [5.41, 5.74) is 0.378. The lowest BCUT2D eigenvalue weighted by Crippen LogP contribution is -2.46. The Labute approximate surface area is 124 Å². The zero-order chi connectivity index (χ0) is 15.2. The average Bonchev–Trinajstić information content (AvgIpc) is 2.47. The number of benzene rings is 1. The van der Waals surface area contributed by atoms with Gasteiger partial charge in [0.2, 0.25) is 5.91 Å². The summed E-state index contributed by atoms with van der Waals surface area (Å²) in [6.07, 6.45) is 2.87. The molecule has 1 aromatic rings. The SMILES string of the molecule is CCCC(=O)NC1CCN(C(=O)c2cccc(F)c2)CC1. The molecule has 1 aliphatic rings. The van der Waals surface area contributed by atoms with Gasteiger partial charge >= 0.3 is 0 Å². The lowest BCUT2D eigenvalue weighted by molar-refractivity contribution is -0.122. The van der Waals surface area contributed by atoms with Crippen molar-refractivity contribution in [3.63, 3.8) is 0 Å². The van der Waals surface area contributed by atoms with Crippen LogP contribution in [-0.2, 0) is 4.79 Å². The fourth-order valence-electron chi connectivity index (χ4n) is 2.56. The Bertz CT molecular complexity index is 511. The topological polar surface area (TPSA) is 49.4 Å². The van der Waals surface area contributed by atoms with Crippen molar-refractivity contribution < 1.29 is 14.0 Å². The number of amides is 2. The smallest absolute Gasteiger partial charge is 0.253 e. The fourth-order valence-corrected chi connectivity index (χ4v) is 2.56. The number of hydrogen-bond donors (Lipinski definition) is 1. The minimum atomic E-state index is -0.400.